The first-order valence-electron chi connectivity index (χ1n) is 4.09. The van der Waals surface area contributed by atoms with Gasteiger partial charge in [0.15, 0.2) is 0 Å². The molecule has 1 aromatic rings. The lowest BCUT2D eigenvalue weighted by Crippen LogP contribution is -2.08. The van der Waals surface area contributed by atoms with Crippen LogP contribution in [0.4, 0.5) is 22.7 Å². The molecule has 74 valence electrons. The van der Waals surface area contributed by atoms with Crippen molar-refractivity contribution in [3.63, 3.8) is 0 Å². The minimum Gasteiger partial charge on any atom is -0.397 e. The van der Waals surface area contributed by atoms with E-state index in [9.17, 15) is 0 Å². The fraction of sp³-hybridized carbons (Fsp3) is 0.222. The molecule has 7 N–H and O–H groups in total. The Bertz CT molecular complexity index is 416. The summed E-state index contributed by atoms with van der Waals surface area (Å²) in [6.45, 7) is 1.74. The molecule has 0 aromatic heterocycles. The summed E-state index contributed by atoms with van der Waals surface area (Å²) in [6.07, 6.45) is 0. The zero-order chi connectivity index (χ0) is 10.9. The van der Waals surface area contributed by atoms with Gasteiger partial charge in [0.2, 0.25) is 0 Å². The number of nitrogens with two attached hydrogens (primary N) is 3. The van der Waals surface area contributed by atoms with Crippen molar-refractivity contribution in [1.29, 1.82) is 5.26 Å². The van der Waals surface area contributed by atoms with Crippen LogP contribution in [0, 0.1) is 18.3 Å². The summed E-state index contributed by atoms with van der Waals surface area (Å²) in [5.41, 5.74) is 19.9. The number of nitriles is 1. The molecule has 1 rings (SSSR count). The van der Waals surface area contributed by atoms with Crippen molar-refractivity contribution < 1.29 is 0 Å². The lowest BCUT2D eigenvalue weighted by atomic mass is 10.0. The Morgan fingerprint density at radius 3 is 2.14 bits per heavy atom. The predicted molar refractivity (Wildman–Crippen MR) is 58.7 cm³/mol. The molecule has 1 aromatic carbocycles. The first kappa shape index (κ1) is 9.99. The predicted octanol–water partition coefficient (Wildman–Crippen LogP) is 0.655. The maximum Gasteiger partial charge on any atom is 0.104 e. The van der Waals surface area contributed by atoms with Crippen LogP contribution in [-0.2, 0) is 0 Å². The molecule has 0 saturated carbocycles. The summed E-state index contributed by atoms with van der Waals surface area (Å²) < 4.78 is 0. The summed E-state index contributed by atoms with van der Waals surface area (Å²) >= 11 is 0. The van der Waals surface area contributed by atoms with E-state index in [4.69, 9.17) is 22.5 Å². The first-order chi connectivity index (χ1) is 6.54. The molecule has 0 unspecified atom stereocenters. The molecular weight excluding hydrogens is 178 g/mol. The smallest absolute Gasteiger partial charge is 0.104 e. The molecule has 0 fully saturated rings. The molecule has 0 amide bonds. The van der Waals surface area contributed by atoms with Crippen molar-refractivity contribution in [3.8, 4) is 6.07 Å². The van der Waals surface area contributed by atoms with E-state index in [2.05, 4.69) is 5.32 Å². The van der Waals surface area contributed by atoms with Gasteiger partial charge in [-0.3, -0.25) is 0 Å². The van der Waals surface area contributed by atoms with Gasteiger partial charge in [0.25, 0.3) is 0 Å². The van der Waals surface area contributed by atoms with E-state index in [-0.39, 0.29) is 0 Å². The highest BCUT2D eigenvalue weighted by molar-refractivity contribution is 5.91. The van der Waals surface area contributed by atoms with Crippen LogP contribution in [0.2, 0.25) is 0 Å². The minimum atomic E-state index is 0.344. The molecular formula is C9H13N5. The summed E-state index contributed by atoms with van der Waals surface area (Å²) in [7, 11) is 1.67. The van der Waals surface area contributed by atoms with E-state index in [1.807, 2.05) is 6.07 Å². The Labute approximate surface area is 82.5 Å². The second kappa shape index (κ2) is 3.34. The molecule has 0 heterocycles. The maximum absolute atomic E-state index is 8.90. The van der Waals surface area contributed by atoms with Gasteiger partial charge in [0.05, 0.1) is 22.7 Å². The lowest BCUT2D eigenvalue weighted by molar-refractivity contribution is 1.39. The van der Waals surface area contributed by atoms with Gasteiger partial charge < -0.3 is 22.5 Å². The van der Waals surface area contributed by atoms with Crippen LogP contribution in [0.3, 0.4) is 0 Å². The Morgan fingerprint density at radius 1 is 1.14 bits per heavy atom. The minimum absolute atomic E-state index is 0.344. The van der Waals surface area contributed by atoms with Crippen LogP contribution in [-0.4, -0.2) is 7.05 Å². The second-order valence-corrected chi connectivity index (χ2v) is 2.98. The van der Waals surface area contributed by atoms with Gasteiger partial charge in [0.1, 0.15) is 11.6 Å². The summed E-state index contributed by atoms with van der Waals surface area (Å²) in [5.74, 6) is 0. The third kappa shape index (κ3) is 1.17. The van der Waals surface area contributed by atoms with E-state index in [1.165, 1.54) is 0 Å². The molecule has 14 heavy (non-hydrogen) atoms. The zero-order valence-corrected chi connectivity index (χ0v) is 8.18. The van der Waals surface area contributed by atoms with E-state index in [1.54, 1.807) is 14.0 Å². The largest absolute Gasteiger partial charge is 0.397 e. The monoisotopic (exact) mass is 191 g/mol. The van der Waals surface area contributed by atoms with Crippen LogP contribution >= 0.6 is 0 Å². The number of hydrogen-bond donors (Lipinski definition) is 4. The van der Waals surface area contributed by atoms with Crippen molar-refractivity contribution in [2.45, 2.75) is 6.92 Å². The Hall–Kier alpha value is -2.09. The summed E-state index contributed by atoms with van der Waals surface area (Å²) in [6, 6.07) is 2.00. The zero-order valence-electron chi connectivity index (χ0n) is 8.18. The third-order valence-electron chi connectivity index (χ3n) is 2.25. The fourth-order valence-corrected chi connectivity index (χ4v) is 1.31. The highest BCUT2D eigenvalue weighted by Crippen LogP contribution is 2.36. The van der Waals surface area contributed by atoms with Crippen LogP contribution in [0.1, 0.15) is 11.1 Å². The van der Waals surface area contributed by atoms with E-state index in [0.717, 1.165) is 0 Å². The van der Waals surface area contributed by atoms with Gasteiger partial charge in [0, 0.05) is 7.05 Å². The number of rotatable bonds is 1. The van der Waals surface area contributed by atoms with Gasteiger partial charge in [-0.1, -0.05) is 0 Å². The van der Waals surface area contributed by atoms with E-state index < -0.39 is 0 Å². The molecule has 0 bridgehead atoms. The fourth-order valence-electron chi connectivity index (χ4n) is 1.31. The number of hydrogen-bond acceptors (Lipinski definition) is 5. The molecule has 5 nitrogen and oxygen atoms in total. The van der Waals surface area contributed by atoms with Crippen molar-refractivity contribution in [1.82, 2.24) is 0 Å². The molecule has 0 saturated heterocycles. The van der Waals surface area contributed by atoms with Gasteiger partial charge in [-0.15, -0.1) is 0 Å². The quantitative estimate of drug-likeness (QED) is 0.487. The lowest BCUT2D eigenvalue weighted by Gasteiger charge is -2.15. The second-order valence-electron chi connectivity index (χ2n) is 2.98. The Morgan fingerprint density at radius 2 is 1.71 bits per heavy atom. The van der Waals surface area contributed by atoms with Crippen LogP contribution in [0.5, 0.6) is 0 Å². The number of nitrogens with zero attached hydrogens (tertiary/aromatic N) is 1. The van der Waals surface area contributed by atoms with E-state index in [0.29, 0.717) is 33.9 Å². The van der Waals surface area contributed by atoms with Crippen LogP contribution in [0.15, 0.2) is 0 Å². The highest BCUT2D eigenvalue weighted by Gasteiger charge is 2.15. The molecule has 0 atom stereocenters. The van der Waals surface area contributed by atoms with Gasteiger partial charge in [-0.05, 0) is 12.5 Å². The average molecular weight is 191 g/mol. The van der Waals surface area contributed by atoms with Gasteiger partial charge in [-0.25, -0.2) is 0 Å². The Balaban J connectivity index is 3.68. The highest BCUT2D eigenvalue weighted by atomic mass is 14.9. The molecule has 0 aliphatic heterocycles. The molecule has 5 heteroatoms. The van der Waals surface area contributed by atoms with Crippen LogP contribution in [0.25, 0.3) is 0 Å². The normalized spacial score (nSPS) is 9.50. The SMILES string of the molecule is CNc1c(N)c(N)c(C)c(N)c1C#N. The van der Waals surface area contributed by atoms with Crippen molar-refractivity contribution in [2.24, 2.45) is 0 Å². The van der Waals surface area contributed by atoms with Gasteiger partial charge in [-0.2, -0.15) is 5.26 Å². The standard InChI is InChI=1S/C9H13N5/c1-4-6(11)5(3-10)9(14-2)8(13)7(4)12/h14H,11-13H2,1-2H3. The van der Waals surface area contributed by atoms with E-state index >= 15 is 0 Å². The average Bonchev–Trinajstić information content (AvgIpc) is 2.20. The number of anilines is 4. The number of nitrogen functional groups attached to an aromatic ring is 3. The summed E-state index contributed by atoms with van der Waals surface area (Å²) in [4.78, 5) is 0. The topological polar surface area (TPSA) is 114 Å². The molecule has 0 aliphatic rings. The van der Waals surface area contributed by atoms with Crippen molar-refractivity contribution in [2.75, 3.05) is 29.6 Å². The van der Waals surface area contributed by atoms with Crippen molar-refractivity contribution in [3.05, 3.63) is 11.1 Å². The third-order valence-corrected chi connectivity index (χ3v) is 2.25. The summed E-state index contributed by atoms with van der Waals surface area (Å²) in [5, 5.41) is 11.7. The first-order valence-corrected chi connectivity index (χ1v) is 4.09. The molecule has 0 spiro atoms. The van der Waals surface area contributed by atoms with Crippen molar-refractivity contribution >= 4 is 22.7 Å². The number of benzene rings is 1. The molecule has 0 aliphatic carbocycles. The van der Waals surface area contributed by atoms with Crippen LogP contribution < -0.4 is 22.5 Å². The maximum atomic E-state index is 8.90. The number of nitrogens with one attached hydrogen (secondary N) is 1. The van der Waals surface area contributed by atoms with Gasteiger partial charge >= 0.3 is 0 Å². The Kier molecular flexibility index (Phi) is 2.38. The molecule has 0 radical (unpaired) electrons.